The molecule has 0 aliphatic carbocycles. The van der Waals surface area contributed by atoms with Crippen LogP contribution in [0.3, 0.4) is 0 Å². The molecule has 0 aliphatic heterocycles. The molecular weight excluding hydrogens is 507 g/mol. The minimum atomic E-state index is -4.14. The lowest BCUT2D eigenvalue weighted by molar-refractivity contribution is -0.384. The third-order valence-electron chi connectivity index (χ3n) is 5.76. The highest BCUT2D eigenvalue weighted by Crippen LogP contribution is 2.33. The number of sulfonamides is 1. The molecule has 0 heterocycles. The van der Waals surface area contributed by atoms with Crippen molar-refractivity contribution in [3.8, 4) is 5.75 Å². The van der Waals surface area contributed by atoms with E-state index in [1.165, 1.54) is 49.3 Å². The number of hydrogen-bond acceptors (Lipinski definition) is 7. The van der Waals surface area contributed by atoms with Gasteiger partial charge in [-0.1, -0.05) is 19.1 Å². The van der Waals surface area contributed by atoms with Crippen LogP contribution in [0.1, 0.15) is 32.8 Å². The van der Waals surface area contributed by atoms with E-state index in [4.69, 9.17) is 4.74 Å². The highest BCUT2D eigenvalue weighted by Gasteiger charge is 2.32. The van der Waals surface area contributed by atoms with Crippen molar-refractivity contribution in [1.29, 1.82) is 0 Å². The molecule has 1 N–H and O–H groups in total. The van der Waals surface area contributed by atoms with E-state index in [-0.39, 0.29) is 24.0 Å². The van der Waals surface area contributed by atoms with Crippen molar-refractivity contribution in [2.24, 2.45) is 0 Å². The largest absolute Gasteiger partial charge is 0.495 e. The van der Waals surface area contributed by atoms with Crippen LogP contribution in [0.5, 0.6) is 5.75 Å². The number of nitro groups is 1. The van der Waals surface area contributed by atoms with Crippen LogP contribution in [0, 0.1) is 15.9 Å². The lowest BCUT2D eigenvalue weighted by Gasteiger charge is -2.32. The number of amides is 2. The second-order valence-electron chi connectivity index (χ2n) is 8.52. The van der Waals surface area contributed by atoms with Gasteiger partial charge >= 0.3 is 0 Å². The summed E-state index contributed by atoms with van der Waals surface area (Å²) in [5.41, 5.74) is -0.0934. The van der Waals surface area contributed by atoms with Crippen molar-refractivity contribution in [3.63, 3.8) is 0 Å². The first-order valence-electron chi connectivity index (χ1n) is 11.4. The van der Waals surface area contributed by atoms with Crippen molar-refractivity contribution in [3.05, 3.63) is 64.0 Å². The SMILES string of the molecule is CC[C@@H](C)NC(=O)[C@@H](C)N(Cc1ccc(F)cc1)C(=O)CN(c1cc([N+](=O)[O-])ccc1OC)S(C)(=O)=O. The van der Waals surface area contributed by atoms with E-state index in [0.29, 0.717) is 16.3 Å². The number of ether oxygens (including phenoxy) is 1. The van der Waals surface area contributed by atoms with Gasteiger partial charge in [0.2, 0.25) is 21.8 Å². The van der Waals surface area contributed by atoms with Crippen LogP contribution >= 0.6 is 0 Å². The molecule has 2 aromatic carbocycles. The first-order chi connectivity index (χ1) is 17.3. The smallest absolute Gasteiger partial charge is 0.271 e. The highest BCUT2D eigenvalue weighted by molar-refractivity contribution is 7.92. The maximum absolute atomic E-state index is 13.6. The standard InChI is InChI=1S/C24H31FN4O7S/c1-6-16(2)26-24(31)17(3)27(14-18-7-9-19(25)10-8-18)23(30)15-28(37(5,34)35)21-13-20(29(32)33)11-12-22(21)36-4/h7-13,16-17H,6,14-15H2,1-5H3,(H,26,31)/t16-,17-/m1/s1. The van der Waals surface area contributed by atoms with Gasteiger partial charge in [0.1, 0.15) is 29.8 Å². The maximum atomic E-state index is 13.6. The fraction of sp³-hybridized carbons (Fsp3) is 0.417. The van der Waals surface area contributed by atoms with E-state index >= 15 is 0 Å². The normalized spacial score (nSPS) is 12.8. The van der Waals surface area contributed by atoms with Crippen molar-refractivity contribution >= 4 is 33.2 Å². The zero-order chi connectivity index (χ0) is 27.9. The van der Waals surface area contributed by atoms with E-state index in [1.807, 2.05) is 6.92 Å². The van der Waals surface area contributed by atoms with E-state index in [1.54, 1.807) is 6.92 Å². The Morgan fingerprint density at radius 3 is 2.30 bits per heavy atom. The Kier molecular flexibility index (Phi) is 9.95. The summed E-state index contributed by atoms with van der Waals surface area (Å²) < 4.78 is 44.8. The van der Waals surface area contributed by atoms with Gasteiger partial charge in [-0.3, -0.25) is 24.0 Å². The highest BCUT2D eigenvalue weighted by atomic mass is 32.2. The molecule has 0 unspecified atom stereocenters. The van der Waals surface area contributed by atoms with Crippen LogP contribution in [0.4, 0.5) is 15.8 Å². The quantitative estimate of drug-likeness (QED) is 0.324. The number of nitrogens with one attached hydrogen (secondary N) is 1. The van der Waals surface area contributed by atoms with Gasteiger partial charge in [0, 0.05) is 24.7 Å². The summed E-state index contributed by atoms with van der Waals surface area (Å²) in [6, 6.07) is 7.51. The number of anilines is 1. The topological polar surface area (TPSA) is 139 Å². The molecule has 202 valence electrons. The first kappa shape index (κ1) is 29.5. The average Bonchev–Trinajstić information content (AvgIpc) is 2.85. The Hall–Kier alpha value is -3.74. The number of methoxy groups -OCH3 is 1. The first-order valence-corrected chi connectivity index (χ1v) is 13.3. The molecule has 0 aliphatic rings. The van der Waals surface area contributed by atoms with Crippen LogP contribution in [0.2, 0.25) is 0 Å². The van der Waals surface area contributed by atoms with Crippen molar-refractivity contribution in [1.82, 2.24) is 10.2 Å². The number of carbonyl (C=O) groups is 2. The number of nitro benzene ring substituents is 1. The van der Waals surface area contributed by atoms with Gasteiger partial charge in [-0.05, 0) is 44.0 Å². The number of benzene rings is 2. The maximum Gasteiger partial charge on any atom is 0.271 e. The van der Waals surface area contributed by atoms with Crippen molar-refractivity contribution in [2.75, 3.05) is 24.2 Å². The molecule has 0 saturated heterocycles. The Morgan fingerprint density at radius 1 is 1.16 bits per heavy atom. The fourth-order valence-corrected chi connectivity index (χ4v) is 4.26. The monoisotopic (exact) mass is 538 g/mol. The molecule has 0 fully saturated rings. The number of nitrogens with zero attached hydrogens (tertiary/aromatic N) is 3. The predicted octanol–water partition coefficient (Wildman–Crippen LogP) is 2.84. The molecule has 2 rings (SSSR count). The lowest BCUT2D eigenvalue weighted by atomic mass is 10.1. The molecule has 13 heteroatoms. The van der Waals surface area contributed by atoms with Gasteiger partial charge in [-0.25, -0.2) is 12.8 Å². The number of hydrogen-bond donors (Lipinski definition) is 1. The van der Waals surface area contributed by atoms with Crippen molar-refractivity contribution in [2.45, 2.75) is 45.8 Å². The number of halogens is 1. The molecule has 2 atom stereocenters. The third-order valence-corrected chi connectivity index (χ3v) is 6.88. The summed E-state index contributed by atoms with van der Waals surface area (Å²) in [6.07, 6.45) is 1.50. The van der Waals surface area contributed by atoms with E-state index in [0.717, 1.165) is 18.4 Å². The Labute approximate surface area is 215 Å². The molecule has 37 heavy (non-hydrogen) atoms. The number of carbonyl (C=O) groups excluding carboxylic acids is 2. The van der Waals surface area contributed by atoms with Crippen LogP contribution in [0.25, 0.3) is 0 Å². The minimum absolute atomic E-state index is 0.00327. The zero-order valence-corrected chi connectivity index (χ0v) is 22.1. The van der Waals surface area contributed by atoms with Crippen LogP contribution in [-0.4, -0.2) is 62.0 Å². The number of non-ortho nitro benzene ring substituents is 1. The summed E-state index contributed by atoms with van der Waals surface area (Å²) in [7, 11) is -2.88. The summed E-state index contributed by atoms with van der Waals surface area (Å²) in [6.45, 7) is 4.30. The molecule has 0 bridgehead atoms. The third kappa shape index (κ3) is 7.87. The summed E-state index contributed by atoms with van der Waals surface area (Å²) in [5, 5.41) is 14.1. The summed E-state index contributed by atoms with van der Waals surface area (Å²) in [4.78, 5) is 38.2. The molecule has 2 amide bonds. The molecule has 0 saturated carbocycles. The molecule has 11 nitrogen and oxygen atoms in total. The Balaban J connectivity index is 2.50. The Morgan fingerprint density at radius 2 is 1.78 bits per heavy atom. The molecule has 0 radical (unpaired) electrons. The minimum Gasteiger partial charge on any atom is -0.495 e. The summed E-state index contributed by atoms with van der Waals surface area (Å²) >= 11 is 0. The molecule has 2 aromatic rings. The van der Waals surface area contributed by atoms with Crippen LogP contribution in [0.15, 0.2) is 42.5 Å². The predicted molar refractivity (Wildman–Crippen MR) is 136 cm³/mol. The van der Waals surface area contributed by atoms with Gasteiger partial charge < -0.3 is 15.0 Å². The van der Waals surface area contributed by atoms with Crippen molar-refractivity contribution < 1.29 is 32.1 Å². The van der Waals surface area contributed by atoms with Crippen LogP contribution < -0.4 is 14.4 Å². The fourth-order valence-electron chi connectivity index (χ4n) is 3.42. The van der Waals surface area contributed by atoms with E-state index in [9.17, 15) is 32.5 Å². The second-order valence-corrected chi connectivity index (χ2v) is 10.4. The molecule has 0 spiro atoms. The van der Waals surface area contributed by atoms with Gasteiger partial charge in [0.05, 0.1) is 18.3 Å². The second kappa shape index (κ2) is 12.5. The molecular formula is C24H31FN4O7S. The number of rotatable bonds is 12. The Bertz CT molecular complexity index is 1240. The van der Waals surface area contributed by atoms with Gasteiger partial charge in [0.25, 0.3) is 5.69 Å². The zero-order valence-electron chi connectivity index (χ0n) is 21.3. The van der Waals surface area contributed by atoms with E-state index in [2.05, 4.69) is 5.32 Å². The van der Waals surface area contributed by atoms with E-state index < -0.39 is 50.9 Å². The lowest BCUT2D eigenvalue weighted by Crippen LogP contribution is -2.52. The van der Waals surface area contributed by atoms with Gasteiger partial charge in [-0.15, -0.1) is 0 Å². The van der Waals surface area contributed by atoms with Gasteiger partial charge in [0.15, 0.2) is 0 Å². The average molecular weight is 539 g/mol. The molecule has 0 aromatic heterocycles. The van der Waals surface area contributed by atoms with Crippen LogP contribution in [-0.2, 0) is 26.2 Å². The summed E-state index contributed by atoms with van der Waals surface area (Å²) in [5.74, 6) is -1.69. The van der Waals surface area contributed by atoms with Gasteiger partial charge in [-0.2, -0.15) is 0 Å².